The molecule has 1 aliphatic rings. The number of nitrogens with zero attached hydrogens (tertiary/aromatic N) is 1. The van der Waals surface area contributed by atoms with Gasteiger partial charge in [-0.05, 0) is 30.7 Å². The van der Waals surface area contributed by atoms with E-state index in [9.17, 15) is 9.59 Å². The molecule has 1 fully saturated rings. The number of thioether (sulfide) groups is 1. The molecule has 1 aromatic rings. The molecule has 110 valence electrons. The molecule has 0 saturated carbocycles. The summed E-state index contributed by atoms with van der Waals surface area (Å²) >= 11 is 12.2. The van der Waals surface area contributed by atoms with Gasteiger partial charge >= 0.3 is 5.97 Å². The average Bonchev–Trinajstić information content (AvgIpc) is 2.74. The van der Waals surface area contributed by atoms with Crippen LogP contribution < -0.4 is 0 Å². The van der Waals surface area contributed by atoms with Crippen molar-refractivity contribution in [1.82, 2.24) is 4.90 Å². The molecule has 0 unspecified atom stereocenters. The predicted octanol–water partition coefficient (Wildman–Crippen LogP) is 3.10. The van der Waals surface area contributed by atoms with Crippen LogP contribution in [0.2, 0.25) is 5.02 Å². The summed E-state index contributed by atoms with van der Waals surface area (Å²) in [4.78, 5) is 25.7. The molecule has 1 heterocycles. The molecule has 0 N–H and O–H groups in total. The summed E-state index contributed by atoms with van der Waals surface area (Å²) < 4.78 is 5.00. The summed E-state index contributed by atoms with van der Waals surface area (Å²) in [5.41, 5.74) is 0.839. The Bertz CT molecular complexity index is 628. The second kappa shape index (κ2) is 6.60. The van der Waals surface area contributed by atoms with Gasteiger partial charge in [-0.2, -0.15) is 0 Å². The quantitative estimate of drug-likeness (QED) is 0.480. The number of hydrogen-bond donors (Lipinski definition) is 0. The van der Waals surface area contributed by atoms with E-state index in [0.29, 0.717) is 14.2 Å². The fraction of sp³-hybridized carbons (Fsp3) is 0.214. The van der Waals surface area contributed by atoms with Crippen LogP contribution in [-0.4, -0.2) is 34.2 Å². The molecule has 0 aliphatic carbocycles. The van der Waals surface area contributed by atoms with Crippen molar-refractivity contribution >= 4 is 57.9 Å². The number of benzene rings is 1. The zero-order valence-electron chi connectivity index (χ0n) is 11.3. The van der Waals surface area contributed by atoms with Gasteiger partial charge in [0.1, 0.15) is 10.4 Å². The van der Waals surface area contributed by atoms with E-state index in [0.717, 1.165) is 5.56 Å². The molecule has 1 aromatic carbocycles. The summed E-state index contributed by atoms with van der Waals surface area (Å²) in [6.45, 7) is 1.59. The number of amides is 1. The number of halogens is 1. The molecular formula is C14H12ClNO3S2. The molecule has 2 rings (SSSR count). The van der Waals surface area contributed by atoms with E-state index in [1.807, 2.05) is 0 Å². The first kappa shape index (κ1) is 16.0. The monoisotopic (exact) mass is 341 g/mol. The maximum absolute atomic E-state index is 12.4. The maximum atomic E-state index is 12.4. The fourth-order valence-corrected chi connectivity index (χ4v) is 3.34. The number of carbonyl (C=O) groups is 2. The minimum Gasteiger partial charge on any atom is -0.467 e. The maximum Gasteiger partial charge on any atom is 0.328 e. The SMILES string of the molecule is COC(=O)[C@H](C)N1C(=O)/C(=C/c2ccc(Cl)cc2)SC1=S. The first-order valence-electron chi connectivity index (χ1n) is 6.04. The van der Waals surface area contributed by atoms with E-state index < -0.39 is 12.0 Å². The topological polar surface area (TPSA) is 46.6 Å². The Morgan fingerprint density at radius 3 is 2.62 bits per heavy atom. The van der Waals surface area contributed by atoms with Crippen LogP contribution in [0, 0.1) is 0 Å². The molecule has 0 radical (unpaired) electrons. The number of esters is 1. The molecule has 0 spiro atoms. The lowest BCUT2D eigenvalue weighted by Gasteiger charge is -2.20. The highest BCUT2D eigenvalue weighted by atomic mass is 35.5. The number of methoxy groups -OCH3 is 1. The van der Waals surface area contributed by atoms with E-state index in [1.54, 1.807) is 37.3 Å². The van der Waals surface area contributed by atoms with Crippen LogP contribution in [0.15, 0.2) is 29.2 Å². The van der Waals surface area contributed by atoms with Crippen molar-refractivity contribution in [3.8, 4) is 0 Å². The Labute approximate surface area is 137 Å². The van der Waals surface area contributed by atoms with Crippen molar-refractivity contribution in [2.45, 2.75) is 13.0 Å². The van der Waals surface area contributed by atoms with E-state index in [1.165, 1.54) is 23.8 Å². The summed E-state index contributed by atoms with van der Waals surface area (Å²) in [5, 5.41) is 0.624. The van der Waals surface area contributed by atoms with Crippen LogP contribution in [0.25, 0.3) is 6.08 Å². The van der Waals surface area contributed by atoms with Crippen molar-refractivity contribution in [1.29, 1.82) is 0 Å². The van der Waals surface area contributed by atoms with Gasteiger partial charge in [-0.3, -0.25) is 9.69 Å². The van der Waals surface area contributed by atoms with Crippen molar-refractivity contribution in [3.63, 3.8) is 0 Å². The average molecular weight is 342 g/mol. The van der Waals surface area contributed by atoms with Gasteiger partial charge in [0.25, 0.3) is 5.91 Å². The highest BCUT2D eigenvalue weighted by Gasteiger charge is 2.38. The van der Waals surface area contributed by atoms with Gasteiger partial charge in [0, 0.05) is 5.02 Å². The van der Waals surface area contributed by atoms with E-state index in [4.69, 9.17) is 23.8 Å². The number of rotatable bonds is 3. The molecule has 4 nitrogen and oxygen atoms in total. The van der Waals surface area contributed by atoms with E-state index in [2.05, 4.69) is 4.74 Å². The number of ether oxygens (including phenoxy) is 1. The number of thiocarbonyl (C=S) groups is 1. The number of hydrogen-bond acceptors (Lipinski definition) is 5. The van der Waals surface area contributed by atoms with Gasteiger partial charge in [-0.1, -0.05) is 47.7 Å². The summed E-state index contributed by atoms with van der Waals surface area (Å²) in [5.74, 6) is -0.795. The van der Waals surface area contributed by atoms with Crippen LogP contribution in [0.4, 0.5) is 0 Å². The second-order valence-electron chi connectivity index (χ2n) is 4.30. The molecule has 0 aromatic heterocycles. The van der Waals surface area contributed by atoms with E-state index >= 15 is 0 Å². The normalized spacial score (nSPS) is 18.2. The lowest BCUT2D eigenvalue weighted by Crippen LogP contribution is -2.42. The molecule has 1 atom stereocenters. The second-order valence-corrected chi connectivity index (χ2v) is 6.41. The fourth-order valence-electron chi connectivity index (χ4n) is 1.80. The third kappa shape index (κ3) is 3.45. The van der Waals surface area contributed by atoms with Crippen LogP contribution in [0.3, 0.4) is 0 Å². The highest BCUT2D eigenvalue weighted by Crippen LogP contribution is 2.34. The van der Waals surface area contributed by atoms with Crippen LogP contribution in [0.5, 0.6) is 0 Å². The summed E-state index contributed by atoms with van der Waals surface area (Å²) in [6, 6.07) is 6.35. The predicted molar refractivity (Wildman–Crippen MR) is 87.9 cm³/mol. The highest BCUT2D eigenvalue weighted by molar-refractivity contribution is 8.26. The van der Waals surface area contributed by atoms with Crippen LogP contribution >= 0.6 is 35.6 Å². The Balaban J connectivity index is 2.25. The zero-order valence-corrected chi connectivity index (χ0v) is 13.7. The Morgan fingerprint density at radius 2 is 2.05 bits per heavy atom. The largest absolute Gasteiger partial charge is 0.467 e. The van der Waals surface area contributed by atoms with Crippen molar-refractivity contribution in [3.05, 3.63) is 39.8 Å². The molecule has 1 amide bonds. The standard InChI is InChI=1S/C14H12ClNO3S2/c1-8(13(18)19-2)16-12(17)11(21-14(16)20)7-9-3-5-10(15)6-4-9/h3-8H,1-2H3/b11-7-/t8-/m0/s1. The van der Waals surface area contributed by atoms with Crippen molar-refractivity contribution in [2.75, 3.05) is 7.11 Å². The van der Waals surface area contributed by atoms with Gasteiger partial charge in [-0.25, -0.2) is 4.79 Å². The minimum atomic E-state index is -0.737. The third-order valence-electron chi connectivity index (χ3n) is 2.92. The first-order chi connectivity index (χ1) is 9.93. The van der Waals surface area contributed by atoms with Crippen molar-refractivity contribution < 1.29 is 14.3 Å². The first-order valence-corrected chi connectivity index (χ1v) is 7.64. The molecule has 1 saturated heterocycles. The molecule has 21 heavy (non-hydrogen) atoms. The van der Waals surface area contributed by atoms with Gasteiger partial charge in [-0.15, -0.1) is 0 Å². The van der Waals surface area contributed by atoms with Crippen molar-refractivity contribution in [2.24, 2.45) is 0 Å². The molecular weight excluding hydrogens is 330 g/mol. The van der Waals surface area contributed by atoms with Crippen LogP contribution in [-0.2, 0) is 14.3 Å². The number of carbonyl (C=O) groups excluding carboxylic acids is 2. The van der Waals surface area contributed by atoms with Gasteiger partial charge < -0.3 is 4.74 Å². The van der Waals surface area contributed by atoms with E-state index in [-0.39, 0.29) is 5.91 Å². The third-order valence-corrected chi connectivity index (χ3v) is 4.50. The molecule has 1 aliphatic heterocycles. The van der Waals surface area contributed by atoms with Gasteiger partial charge in [0.2, 0.25) is 0 Å². The van der Waals surface area contributed by atoms with Gasteiger partial charge in [0.15, 0.2) is 0 Å². The van der Waals surface area contributed by atoms with Gasteiger partial charge in [0.05, 0.1) is 12.0 Å². The summed E-state index contributed by atoms with van der Waals surface area (Å²) in [7, 11) is 1.28. The Hall–Kier alpha value is -1.37. The Morgan fingerprint density at radius 1 is 1.43 bits per heavy atom. The molecule has 7 heteroatoms. The minimum absolute atomic E-state index is 0.294. The van der Waals surface area contributed by atoms with Crippen LogP contribution in [0.1, 0.15) is 12.5 Å². The lowest BCUT2D eigenvalue weighted by molar-refractivity contribution is -0.147. The zero-order chi connectivity index (χ0) is 15.6. The summed E-state index contributed by atoms with van der Waals surface area (Å²) in [6.07, 6.45) is 1.72. The smallest absolute Gasteiger partial charge is 0.328 e. The lowest BCUT2D eigenvalue weighted by atomic mass is 10.2. The Kier molecular flexibility index (Phi) is 5.03. The molecule has 0 bridgehead atoms.